The fraction of sp³-hybridized carbons (Fsp3) is 0.429. The monoisotopic (exact) mass is 485 g/mol. The summed E-state index contributed by atoms with van der Waals surface area (Å²) >= 11 is 0. The van der Waals surface area contributed by atoms with Crippen LogP contribution in [0.15, 0.2) is 48.8 Å². The average molecular weight is 486 g/mol. The molecule has 2 fully saturated rings. The molecule has 5 rings (SSSR count). The van der Waals surface area contributed by atoms with Crippen LogP contribution in [0, 0.1) is 17.2 Å². The number of rotatable bonds is 6. The number of piperidine rings is 1. The lowest BCUT2D eigenvalue weighted by Crippen LogP contribution is -2.39. The largest absolute Gasteiger partial charge is 0.490 e. The normalized spacial score (nSPS) is 20.6. The SMILES string of the molecule is N#Cc1ccc(OC2CCC(NC(=O)c3ccc(N4CCC(CO)CC4)nc3)CC2)c2cccnc12. The van der Waals surface area contributed by atoms with Gasteiger partial charge in [0.1, 0.15) is 17.6 Å². The lowest BCUT2D eigenvalue weighted by Gasteiger charge is -2.32. The Bertz CT molecular complexity index is 1240. The summed E-state index contributed by atoms with van der Waals surface area (Å²) in [5, 5.41) is 22.7. The lowest BCUT2D eigenvalue weighted by molar-refractivity contribution is 0.0894. The van der Waals surface area contributed by atoms with Crippen molar-refractivity contribution in [3.05, 3.63) is 59.9 Å². The van der Waals surface area contributed by atoms with E-state index in [0.717, 1.165) is 68.6 Å². The molecule has 3 aromatic rings. The molecule has 0 unspecified atom stereocenters. The molecule has 1 saturated heterocycles. The molecule has 1 aliphatic carbocycles. The summed E-state index contributed by atoms with van der Waals surface area (Å²) in [6.07, 6.45) is 8.69. The van der Waals surface area contributed by atoms with Crippen LogP contribution in [-0.2, 0) is 0 Å². The van der Waals surface area contributed by atoms with E-state index in [0.29, 0.717) is 22.6 Å². The highest BCUT2D eigenvalue weighted by atomic mass is 16.5. The molecule has 186 valence electrons. The first-order chi connectivity index (χ1) is 17.6. The van der Waals surface area contributed by atoms with Gasteiger partial charge in [-0.05, 0) is 80.8 Å². The molecule has 8 heteroatoms. The predicted octanol–water partition coefficient (Wildman–Crippen LogP) is 3.83. The standard InChI is InChI=1S/C28H31N5O3/c29-16-20-3-9-25(24-2-1-13-30-27(20)24)36-23-7-5-22(6-8-23)32-28(35)21-4-10-26(31-17-21)33-14-11-19(18-34)12-15-33/h1-4,9-10,13,17,19,22-23,34H,5-8,11-12,14-15,18H2,(H,32,35). The van der Waals surface area contributed by atoms with E-state index in [2.05, 4.69) is 26.3 Å². The fourth-order valence-electron chi connectivity index (χ4n) is 5.16. The third-order valence-corrected chi connectivity index (χ3v) is 7.36. The quantitative estimate of drug-likeness (QED) is 0.546. The van der Waals surface area contributed by atoms with Crippen molar-refractivity contribution in [1.29, 1.82) is 5.26 Å². The molecule has 0 bridgehead atoms. The first kappa shape index (κ1) is 24.0. The maximum Gasteiger partial charge on any atom is 0.253 e. The van der Waals surface area contributed by atoms with Gasteiger partial charge >= 0.3 is 0 Å². The van der Waals surface area contributed by atoms with E-state index >= 15 is 0 Å². The Kier molecular flexibility index (Phi) is 7.28. The second-order valence-electron chi connectivity index (χ2n) is 9.71. The van der Waals surface area contributed by atoms with Gasteiger partial charge in [0, 0.05) is 43.5 Å². The molecule has 0 spiro atoms. The smallest absolute Gasteiger partial charge is 0.253 e. The zero-order valence-corrected chi connectivity index (χ0v) is 20.3. The Labute approximate surface area is 210 Å². The van der Waals surface area contributed by atoms with Crippen LogP contribution in [0.4, 0.5) is 5.82 Å². The van der Waals surface area contributed by atoms with E-state index < -0.39 is 0 Å². The summed E-state index contributed by atoms with van der Waals surface area (Å²) < 4.78 is 6.30. The number of carbonyl (C=O) groups excluding carboxylic acids is 1. The zero-order valence-electron chi connectivity index (χ0n) is 20.3. The number of nitriles is 1. The molecule has 8 nitrogen and oxygen atoms in total. The zero-order chi connectivity index (χ0) is 24.9. The van der Waals surface area contributed by atoms with Gasteiger partial charge in [0.2, 0.25) is 0 Å². The second kappa shape index (κ2) is 10.9. The van der Waals surface area contributed by atoms with E-state index in [9.17, 15) is 15.2 Å². The molecule has 2 aliphatic rings. The van der Waals surface area contributed by atoms with Gasteiger partial charge in [0.05, 0.1) is 22.7 Å². The Morgan fingerprint density at radius 2 is 1.89 bits per heavy atom. The molecule has 2 aromatic heterocycles. The lowest BCUT2D eigenvalue weighted by atomic mass is 9.92. The van der Waals surface area contributed by atoms with E-state index in [4.69, 9.17) is 4.74 Å². The highest BCUT2D eigenvalue weighted by Gasteiger charge is 2.25. The summed E-state index contributed by atoms with van der Waals surface area (Å²) in [6, 6.07) is 13.4. The van der Waals surface area contributed by atoms with Gasteiger partial charge in [-0.1, -0.05) is 0 Å². The van der Waals surface area contributed by atoms with E-state index in [1.165, 1.54) is 0 Å². The second-order valence-corrected chi connectivity index (χ2v) is 9.71. The number of amides is 1. The minimum atomic E-state index is -0.0958. The van der Waals surface area contributed by atoms with Gasteiger partial charge in [-0.15, -0.1) is 0 Å². The maximum absolute atomic E-state index is 12.8. The van der Waals surface area contributed by atoms with Gasteiger partial charge in [0.25, 0.3) is 5.91 Å². The van der Waals surface area contributed by atoms with Crippen molar-refractivity contribution in [1.82, 2.24) is 15.3 Å². The van der Waals surface area contributed by atoms with Gasteiger partial charge in [-0.2, -0.15) is 5.26 Å². The summed E-state index contributed by atoms with van der Waals surface area (Å²) in [7, 11) is 0. The number of aliphatic hydroxyl groups is 1. The molecular formula is C28H31N5O3. The van der Waals surface area contributed by atoms with Crippen LogP contribution in [0.25, 0.3) is 10.9 Å². The number of nitrogens with zero attached hydrogens (tertiary/aromatic N) is 4. The molecule has 1 amide bonds. The minimum absolute atomic E-state index is 0.0606. The van der Waals surface area contributed by atoms with Gasteiger partial charge in [0.15, 0.2) is 0 Å². The Balaban J connectivity index is 1.13. The number of aliphatic hydroxyl groups excluding tert-OH is 1. The third-order valence-electron chi connectivity index (χ3n) is 7.36. The van der Waals surface area contributed by atoms with Crippen LogP contribution in [0.2, 0.25) is 0 Å². The molecule has 36 heavy (non-hydrogen) atoms. The number of pyridine rings is 2. The highest BCUT2D eigenvalue weighted by molar-refractivity contribution is 5.94. The number of hydrogen-bond donors (Lipinski definition) is 2. The first-order valence-electron chi connectivity index (χ1n) is 12.7. The topological polar surface area (TPSA) is 111 Å². The third kappa shape index (κ3) is 5.26. The van der Waals surface area contributed by atoms with Crippen LogP contribution in [0.5, 0.6) is 5.75 Å². The molecule has 1 saturated carbocycles. The number of fused-ring (bicyclic) bond motifs is 1. The minimum Gasteiger partial charge on any atom is -0.490 e. The average Bonchev–Trinajstić information content (AvgIpc) is 2.94. The van der Waals surface area contributed by atoms with Crippen LogP contribution in [0.3, 0.4) is 0 Å². The van der Waals surface area contributed by atoms with Crippen molar-refractivity contribution >= 4 is 22.6 Å². The summed E-state index contributed by atoms with van der Waals surface area (Å²) in [5.74, 6) is 1.91. The van der Waals surface area contributed by atoms with Crippen LogP contribution in [-0.4, -0.2) is 52.8 Å². The molecule has 1 aliphatic heterocycles. The fourth-order valence-corrected chi connectivity index (χ4v) is 5.16. The summed E-state index contributed by atoms with van der Waals surface area (Å²) in [4.78, 5) is 23.9. The number of aromatic nitrogens is 2. The first-order valence-corrected chi connectivity index (χ1v) is 12.7. The molecule has 3 heterocycles. The predicted molar refractivity (Wildman–Crippen MR) is 137 cm³/mol. The summed E-state index contributed by atoms with van der Waals surface area (Å²) in [6.45, 7) is 2.01. The number of carbonyl (C=O) groups is 1. The van der Waals surface area contributed by atoms with Crippen molar-refractivity contribution in [3.63, 3.8) is 0 Å². The van der Waals surface area contributed by atoms with Gasteiger partial charge in [-0.25, -0.2) is 4.98 Å². The number of nitrogens with one attached hydrogen (secondary N) is 1. The maximum atomic E-state index is 12.8. The number of ether oxygens (including phenoxy) is 1. The van der Waals surface area contributed by atoms with Crippen molar-refractivity contribution < 1.29 is 14.6 Å². The Morgan fingerprint density at radius 3 is 2.58 bits per heavy atom. The molecule has 1 aromatic carbocycles. The van der Waals surface area contributed by atoms with Crippen molar-refractivity contribution in [2.24, 2.45) is 5.92 Å². The number of anilines is 1. The van der Waals surface area contributed by atoms with Crippen molar-refractivity contribution in [3.8, 4) is 11.8 Å². The molecule has 0 atom stereocenters. The van der Waals surface area contributed by atoms with Crippen LogP contribution < -0.4 is 15.0 Å². The Hall–Kier alpha value is -3.70. The number of benzene rings is 1. The molecule has 2 N–H and O–H groups in total. The van der Waals surface area contributed by atoms with E-state index in [1.54, 1.807) is 18.5 Å². The van der Waals surface area contributed by atoms with Gasteiger partial charge in [-0.3, -0.25) is 9.78 Å². The van der Waals surface area contributed by atoms with Gasteiger partial charge < -0.3 is 20.1 Å². The van der Waals surface area contributed by atoms with Crippen molar-refractivity contribution in [2.75, 3.05) is 24.6 Å². The van der Waals surface area contributed by atoms with E-state index in [1.807, 2.05) is 30.3 Å². The van der Waals surface area contributed by atoms with E-state index in [-0.39, 0.29) is 24.7 Å². The van der Waals surface area contributed by atoms with Crippen LogP contribution >= 0.6 is 0 Å². The molecular weight excluding hydrogens is 454 g/mol. The Morgan fingerprint density at radius 1 is 1.08 bits per heavy atom. The van der Waals surface area contributed by atoms with Crippen molar-refractivity contribution in [2.45, 2.75) is 50.7 Å². The highest BCUT2D eigenvalue weighted by Crippen LogP contribution is 2.31. The summed E-state index contributed by atoms with van der Waals surface area (Å²) in [5.41, 5.74) is 1.77. The molecule has 0 radical (unpaired) electrons. The van der Waals surface area contributed by atoms with Crippen LogP contribution in [0.1, 0.15) is 54.4 Å². The number of hydrogen-bond acceptors (Lipinski definition) is 7.